The van der Waals surface area contributed by atoms with Gasteiger partial charge < -0.3 is 5.11 Å². The highest BCUT2D eigenvalue weighted by atomic mass is 79.9. The van der Waals surface area contributed by atoms with E-state index in [0.717, 1.165) is 15.6 Å². The maximum absolute atomic E-state index is 13.1. The molecular weight excluding hydrogens is 430 g/mol. The average molecular weight is 450 g/mol. The number of sulfonamides is 1. The van der Waals surface area contributed by atoms with Gasteiger partial charge >= 0.3 is 5.97 Å². The van der Waals surface area contributed by atoms with Crippen molar-refractivity contribution in [3.63, 3.8) is 0 Å². The van der Waals surface area contributed by atoms with Gasteiger partial charge in [0, 0.05) is 22.6 Å². The molecule has 1 aliphatic heterocycles. The highest BCUT2D eigenvalue weighted by Gasteiger charge is 2.34. The van der Waals surface area contributed by atoms with E-state index in [-0.39, 0.29) is 29.5 Å². The summed E-state index contributed by atoms with van der Waals surface area (Å²) in [6.45, 7) is 1.95. The minimum Gasteiger partial charge on any atom is -0.478 e. The van der Waals surface area contributed by atoms with Crippen LogP contribution in [0.4, 0.5) is 0 Å². The first-order chi connectivity index (χ1) is 12.8. The van der Waals surface area contributed by atoms with E-state index in [9.17, 15) is 18.3 Å². The molecule has 0 aliphatic carbocycles. The lowest BCUT2D eigenvalue weighted by molar-refractivity contribution is -0.133. The molecule has 3 rings (SSSR count). The molecule has 2 aromatic rings. The van der Waals surface area contributed by atoms with Gasteiger partial charge in [-0.15, -0.1) is 0 Å². The number of hydrogen-bond donors (Lipinski definition) is 1. The van der Waals surface area contributed by atoms with Crippen LogP contribution in [0.5, 0.6) is 0 Å². The van der Waals surface area contributed by atoms with Crippen molar-refractivity contribution in [3.8, 4) is 11.1 Å². The van der Waals surface area contributed by atoms with Gasteiger partial charge in [0.1, 0.15) is 0 Å². The Morgan fingerprint density at radius 2 is 1.67 bits per heavy atom. The summed E-state index contributed by atoms with van der Waals surface area (Å²) < 4.78 is 28.5. The number of hydrogen-bond acceptors (Lipinski definition) is 3. The van der Waals surface area contributed by atoms with Gasteiger partial charge in [-0.3, -0.25) is 0 Å². The van der Waals surface area contributed by atoms with Crippen LogP contribution < -0.4 is 0 Å². The fourth-order valence-electron chi connectivity index (χ4n) is 3.20. The number of carboxylic acid groups (broad SMARTS) is 1. The molecule has 0 spiro atoms. The van der Waals surface area contributed by atoms with Gasteiger partial charge in [0.2, 0.25) is 10.0 Å². The lowest BCUT2D eigenvalue weighted by Crippen LogP contribution is -2.43. The van der Waals surface area contributed by atoms with Crippen molar-refractivity contribution in [2.45, 2.75) is 30.7 Å². The molecule has 2 aromatic carbocycles. The molecule has 0 bridgehead atoms. The fourth-order valence-corrected chi connectivity index (χ4v) is 5.10. The summed E-state index contributed by atoms with van der Waals surface area (Å²) in [7, 11) is -3.69. The molecule has 0 saturated heterocycles. The topological polar surface area (TPSA) is 74.7 Å². The van der Waals surface area contributed by atoms with Crippen LogP contribution >= 0.6 is 15.9 Å². The van der Waals surface area contributed by atoms with Crippen molar-refractivity contribution < 1.29 is 18.3 Å². The standard InChI is InChI=1S/C20H20BrNO4S/c1-2-18-13-16(20(23)24)11-12-22(18)27(25,26)19-9-5-15(6-10-19)14-3-7-17(21)8-4-14/h3-11,18H,2,12-13H2,1H3,(H,23,24). The van der Waals surface area contributed by atoms with E-state index in [1.807, 2.05) is 31.2 Å². The third-order valence-electron chi connectivity index (χ3n) is 4.76. The van der Waals surface area contributed by atoms with Crippen molar-refractivity contribution in [2.75, 3.05) is 6.54 Å². The minimum atomic E-state index is -3.69. The average Bonchev–Trinajstić information content (AvgIpc) is 2.68. The van der Waals surface area contributed by atoms with E-state index >= 15 is 0 Å². The molecule has 1 N–H and O–H groups in total. The lowest BCUT2D eigenvalue weighted by atomic mass is 10.0. The van der Waals surface area contributed by atoms with E-state index in [1.165, 1.54) is 10.4 Å². The van der Waals surface area contributed by atoms with Crippen molar-refractivity contribution in [2.24, 2.45) is 0 Å². The third kappa shape index (κ3) is 4.15. The van der Waals surface area contributed by atoms with Crippen LogP contribution in [0.25, 0.3) is 11.1 Å². The molecule has 142 valence electrons. The largest absolute Gasteiger partial charge is 0.478 e. The van der Waals surface area contributed by atoms with E-state index in [2.05, 4.69) is 15.9 Å². The summed E-state index contributed by atoms with van der Waals surface area (Å²) in [5.74, 6) is -0.982. The zero-order valence-corrected chi connectivity index (χ0v) is 17.2. The predicted octanol–water partition coefficient (Wildman–Crippen LogP) is 4.30. The molecule has 0 radical (unpaired) electrons. The Balaban J connectivity index is 1.88. The normalized spacial score (nSPS) is 18.1. The highest BCUT2D eigenvalue weighted by Crippen LogP contribution is 2.29. The number of nitrogens with zero attached hydrogens (tertiary/aromatic N) is 1. The van der Waals surface area contributed by atoms with Crippen molar-refractivity contribution in [1.29, 1.82) is 0 Å². The summed E-state index contributed by atoms with van der Waals surface area (Å²) in [4.78, 5) is 11.4. The maximum atomic E-state index is 13.1. The summed E-state index contributed by atoms with van der Waals surface area (Å²) in [6.07, 6.45) is 2.27. The Kier molecular flexibility index (Phi) is 5.83. The molecule has 27 heavy (non-hydrogen) atoms. The summed E-state index contributed by atoms with van der Waals surface area (Å²) in [5, 5.41) is 9.17. The molecule has 0 fully saturated rings. The van der Waals surface area contributed by atoms with Crippen molar-refractivity contribution in [3.05, 3.63) is 64.7 Å². The molecule has 0 saturated carbocycles. The Hall–Kier alpha value is -1.96. The minimum absolute atomic E-state index is 0.0803. The number of rotatable bonds is 5. The van der Waals surface area contributed by atoms with Gasteiger partial charge in [-0.25, -0.2) is 13.2 Å². The third-order valence-corrected chi connectivity index (χ3v) is 7.23. The van der Waals surface area contributed by atoms with Crippen LogP contribution in [0.3, 0.4) is 0 Å². The number of aliphatic carboxylic acids is 1. The number of carboxylic acids is 1. The van der Waals surface area contributed by atoms with Gasteiger partial charge in [0.15, 0.2) is 0 Å². The SMILES string of the molecule is CCC1CC(C(=O)O)=CCN1S(=O)(=O)c1ccc(-c2ccc(Br)cc2)cc1. The molecule has 1 atom stereocenters. The number of benzene rings is 2. The molecule has 0 aromatic heterocycles. The van der Waals surface area contributed by atoms with E-state index in [4.69, 9.17) is 0 Å². The zero-order valence-electron chi connectivity index (χ0n) is 14.8. The predicted molar refractivity (Wildman–Crippen MR) is 108 cm³/mol. The second-order valence-corrected chi connectivity index (χ2v) is 9.21. The highest BCUT2D eigenvalue weighted by molar-refractivity contribution is 9.10. The summed E-state index contributed by atoms with van der Waals surface area (Å²) in [5.41, 5.74) is 2.21. The van der Waals surface area contributed by atoms with Crippen molar-refractivity contribution in [1.82, 2.24) is 4.31 Å². The Labute approximate surface area is 167 Å². The van der Waals surface area contributed by atoms with E-state index in [0.29, 0.717) is 6.42 Å². The van der Waals surface area contributed by atoms with Gasteiger partial charge in [0.05, 0.1) is 4.90 Å². The number of halogens is 1. The second kappa shape index (κ2) is 7.96. The van der Waals surface area contributed by atoms with Gasteiger partial charge in [-0.1, -0.05) is 53.2 Å². The smallest absolute Gasteiger partial charge is 0.331 e. The first-order valence-electron chi connectivity index (χ1n) is 8.63. The zero-order chi connectivity index (χ0) is 19.6. The summed E-state index contributed by atoms with van der Waals surface area (Å²) in [6, 6.07) is 14.2. The maximum Gasteiger partial charge on any atom is 0.331 e. The molecule has 1 unspecified atom stereocenters. The van der Waals surface area contributed by atoms with Crippen LogP contribution in [0.1, 0.15) is 19.8 Å². The van der Waals surface area contributed by atoms with Crippen LogP contribution in [0.2, 0.25) is 0 Å². The molecule has 0 amide bonds. The van der Waals surface area contributed by atoms with Gasteiger partial charge in [-0.05, 0) is 48.2 Å². The molecular formula is C20H20BrNO4S. The van der Waals surface area contributed by atoms with Gasteiger partial charge in [-0.2, -0.15) is 4.31 Å². The second-order valence-electron chi connectivity index (χ2n) is 6.41. The molecule has 5 nitrogen and oxygen atoms in total. The lowest BCUT2D eigenvalue weighted by Gasteiger charge is -2.32. The fraction of sp³-hybridized carbons (Fsp3) is 0.250. The monoisotopic (exact) mass is 449 g/mol. The van der Waals surface area contributed by atoms with Crippen LogP contribution in [-0.4, -0.2) is 36.4 Å². The van der Waals surface area contributed by atoms with E-state index < -0.39 is 16.0 Å². The van der Waals surface area contributed by atoms with Crippen LogP contribution in [-0.2, 0) is 14.8 Å². The Morgan fingerprint density at radius 1 is 1.11 bits per heavy atom. The first kappa shape index (κ1) is 19.8. The number of carbonyl (C=O) groups is 1. The quantitative estimate of drug-likeness (QED) is 0.737. The summed E-state index contributed by atoms with van der Waals surface area (Å²) >= 11 is 3.40. The van der Waals surface area contributed by atoms with E-state index in [1.54, 1.807) is 24.3 Å². The first-order valence-corrected chi connectivity index (χ1v) is 10.9. The van der Waals surface area contributed by atoms with Crippen LogP contribution in [0.15, 0.2) is 69.5 Å². The van der Waals surface area contributed by atoms with Crippen LogP contribution in [0, 0.1) is 0 Å². The molecule has 1 heterocycles. The molecule has 7 heteroatoms. The molecule has 1 aliphatic rings. The Morgan fingerprint density at radius 3 is 2.19 bits per heavy atom. The van der Waals surface area contributed by atoms with Crippen molar-refractivity contribution >= 4 is 31.9 Å². The Bertz CT molecular complexity index is 966. The van der Waals surface area contributed by atoms with Gasteiger partial charge in [0.25, 0.3) is 0 Å².